The Morgan fingerprint density at radius 1 is 1.14 bits per heavy atom. The Hall–Kier alpha value is -2.47. The second-order valence-corrected chi connectivity index (χ2v) is 4.91. The van der Waals surface area contributed by atoms with Gasteiger partial charge in [-0.3, -0.25) is 4.79 Å². The molecule has 0 saturated heterocycles. The minimum atomic E-state index is -0.0522. The molecule has 0 bridgehead atoms. The quantitative estimate of drug-likeness (QED) is 0.800. The fraction of sp³-hybridized carbons (Fsp3) is 0.312. The van der Waals surface area contributed by atoms with Gasteiger partial charge in [0, 0.05) is 24.7 Å². The minimum Gasteiger partial charge on any atom is -0.486 e. The summed E-state index contributed by atoms with van der Waals surface area (Å²) in [6, 6.07) is 9.12. The number of furan rings is 1. The van der Waals surface area contributed by atoms with Crippen LogP contribution < -0.4 is 20.1 Å². The van der Waals surface area contributed by atoms with Gasteiger partial charge in [0.1, 0.15) is 19.0 Å². The molecule has 0 radical (unpaired) electrons. The first-order valence-electron chi connectivity index (χ1n) is 7.24. The van der Waals surface area contributed by atoms with Gasteiger partial charge in [0.05, 0.1) is 12.8 Å². The van der Waals surface area contributed by atoms with Gasteiger partial charge >= 0.3 is 0 Å². The molecule has 1 aliphatic heterocycles. The van der Waals surface area contributed by atoms with Crippen molar-refractivity contribution in [2.75, 3.05) is 25.1 Å². The van der Waals surface area contributed by atoms with E-state index in [0.29, 0.717) is 49.9 Å². The molecule has 2 N–H and O–H groups in total. The Balaban J connectivity index is 1.43. The molecule has 1 aromatic carbocycles. The number of hydrogen-bond donors (Lipinski definition) is 2. The number of fused-ring (bicyclic) bond motifs is 1. The fourth-order valence-electron chi connectivity index (χ4n) is 2.17. The smallest absolute Gasteiger partial charge is 0.225 e. The number of benzene rings is 1. The molecule has 0 aliphatic carbocycles. The molecule has 1 aliphatic rings. The van der Waals surface area contributed by atoms with Crippen molar-refractivity contribution in [2.24, 2.45) is 0 Å². The van der Waals surface area contributed by atoms with Crippen LogP contribution in [-0.2, 0) is 11.3 Å². The Labute approximate surface area is 128 Å². The summed E-state index contributed by atoms with van der Waals surface area (Å²) in [6.07, 6.45) is 2.01. The van der Waals surface area contributed by atoms with Crippen molar-refractivity contribution in [1.82, 2.24) is 5.32 Å². The standard InChI is InChI=1S/C16H18N2O4/c19-16(5-6-17-11-13-2-1-7-20-13)18-12-3-4-14-15(10-12)22-9-8-21-14/h1-4,7,10,17H,5-6,8-9,11H2,(H,18,19). The highest BCUT2D eigenvalue weighted by Crippen LogP contribution is 2.32. The highest BCUT2D eigenvalue weighted by molar-refractivity contribution is 5.91. The molecule has 3 rings (SSSR count). The van der Waals surface area contributed by atoms with E-state index >= 15 is 0 Å². The SMILES string of the molecule is O=C(CCNCc1ccco1)Nc1ccc2c(c1)OCCO2. The first-order valence-corrected chi connectivity index (χ1v) is 7.24. The van der Waals surface area contributed by atoms with Crippen LogP contribution in [0.3, 0.4) is 0 Å². The van der Waals surface area contributed by atoms with Crippen molar-refractivity contribution >= 4 is 11.6 Å². The monoisotopic (exact) mass is 302 g/mol. The number of carbonyl (C=O) groups is 1. The second kappa shape index (κ2) is 7.00. The van der Waals surface area contributed by atoms with Gasteiger partial charge in [-0.15, -0.1) is 0 Å². The van der Waals surface area contributed by atoms with Gasteiger partial charge in [0.2, 0.25) is 5.91 Å². The lowest BCUT2D eigenvalue weighted by Gasteiger charge is -2.19. The van der Waals surface area contributed by atoms with Gasteiger partial charge < -0.3 is 24.5 Å². The third kappa shape index (κ3) is 3.79. The van der Waals surface area contributed by atoms with Gasteiger partial charge in [-0.2, -0.15) is 0 Å². The van der Waals surface area contributed by atoms with Crippen LogP contribution in [0, 0.1) is 0 Å². The molecule has 0 fully saturated rings. The third-order valence-corrected chi connectivity index (χ3v) is 3.23. The summed E-state index contributed by atoms with van der Waals surface area (Å²) in [5, 5.41) is 6.00. The molecule has 2 heterocycles. The van der Waals surface area contributed by atoms with Crippen LogP contribution in [-0.4, -0.2) is 25.7 Å². The van der Waals surface area contributed by atoms with Crippen molar-refractivity contribution in [2.45, 2.75) is 13.0 Å². The Morgan fingerprint density at radius 3 is 2.82 bits per heavy atom. The first-order chi connectivity index (χ1) is 10.8. The Kier molecular flexibility index (Phi) is 4.60. The molecular formula is C16H18N2O4. The lowest BCUT2D eigenvalue weighted by Crippen LogP contribution is -2.21. The number of anilines is 1. The molecule has 1 amide bonds. The number of amides is 1. The first kappa shape index (κ1) is 14.5. The maximum atomic E-state index is 11.9. The van der Waals surface area contributed by atoms with Crippen LogP contribution >= 0.6 is 0 Å². The van der Waals surface area contributed by atoms with E-state index in [4.69, 9.17) is 13.9 Å². The summed E-state index contributed by atoms with van der Waals surface area (Å²) >= 11 is 0. The number of rotatable bonds is 6. The molecule has 6 heteroatoms. The molecule has 1 aromatic heterocycles. The van der Waals surface area contributed by atoms with Gasteiger partial charge in [-0.05, 0) is 24.3 Å². The van der Waals surface area contributed by atoms with Crippen molar-refractivity contribution in [3.05, 3.63) is 42.4 Å². The summed E-state index contributed by atoms with van der Waals surface area (Å²) in [7, 11) is 0. The highest BCUT2D eigenvalue weighted by atomic mass is 16.6. The van der Waals surface area contributed by atoms with Crippen LogP contribution in [0.4, 0.5) is 5.69 Å². The van der Waals surface area contributed by atoms with E-state index in [1.165, 1.54) is 0 Å². The van der Waals surface area contributed by atoms with Crippen LogP contribution in [0.1, 0.15) is 12.2 Å². The van der Waals surface area contributed by atoms with E-state index in [1.807, 2.05) is 18.2 Å². The molecule has 0 unspecified atom stereocenters. The van der Waals surface area contributed by atoms with Crippen molar-refractivity contribution < 1.29 is 18.7 Å². The summed E-state index contributed by atoms with van der Waals surface area (Å²) in [5.41, 5.74) is 0.709. The molecule has 22 heavy (non-hydrogen) atoms. The summed E-state index contributed by atoms with van der Waals surface area (Å²) < 4.78 is 16.1. The molecule has 0 saturated carbocycles. The van der Waals surface area contributed by atoms with Crippen LogP contribution in [0.5, 0.6) is 11.5 Å². The molecule has 0 atom stereocenters. The van der Waals surface area contributed by atoms with E-state index in [9.17, 15) is 4.79 Å². The summed E-state index contributed by atoms with van der Waals surface area (Å²) in [5.74, 6) is 2.18. The zero-order valence-corrected chi connectivity index (χ0v) is 12.1. The number of hydrogen-bond acceptors (Lipinski definition) is 5. The lowest BCUT2D eigenvalue weighted by molar-refractivity contribution is -0.116. The normalized spacial score (nSPS) is 12.9. The van der Waals surface area contributed by atoms with Crippen molar-refractivity contribution in [3.63, 3.8) is 0 Å². The van der Waals surface area contributed by atoms with Crippen LogP contribution in [0.25, 0.3) is 0 Å². The minimum absolute atomic E-state index is 0.0522. The van der Waals surface area contributed by atoms with Gasteiger partial charge in [-0.25, -0.2) is 0 Å². The fourth-order valence-corrected chi connectivity index (χ4v) is 2.17. The number of ether oxygens (including phenoxy) is 2. The average molecular weight is 302 g/mol. The molecule has 116 valence electrons. The molecular weight excluding hydrogens is 284 g/mol. The maximum Gasteiger partial charge on any atom is 0.225 e. The Morgan fingerprint density at radius 2 is 2.00 bits per heavy atom. The lowest BCUT2D eigenvalue weighted by atomic mass is 10.2. The third-order valence-electron chi connectivity index (χ3n) is 3.23. The summed E-state index contributed by atoms with van der Waals surface area (Å²) in [6.45, 7) is 2.28. The van der Waals surface area contributed by atoms with Gasteiger partial charge in [0.25, 0.3) is 0 Å². The zero-order valence-electron chi connectivity index (χ0n) is 12.1. The van der Waals surface area contributed by atoms with E-state index in [0.717, 1.165) is 5.76 Å². The van der Waals surface area contributed by atoms with E-state index in [2.05, 4.69) is 10.6 Å². The molecule has 2 aromatic rings. The second-order valence-electron chi connectivity index (χ2n) is 4.91. The molecule has 6 nitrogen and oxygen atoms in total. The van der Waals surface area contributed by atoms with Crippen molar-refractivity contribution in [1.29, 1.82) is 0 Å². The maximum absolute atomic E-state index is 11.9. The molecule has 0 spiro atoms. The highest BCUT2D eigenvalue weighted by Gasteiger charge is 2.12. The Bertz CT molecular complexity index is 625. The van der Waals surface area contributed by atoms with Gasteiger partial charge in [0.15, 0.2) is 11.5 Å². The van der Waals surface area contributed by atoms with Crippen molar-refractivity contribution in [3.8, 4) is 11.5 Å². The van der Waals surface area contributed by atoms with Crippen LogP contribution in [0.2, 0.25) is 0 Å². The number of nitrogens with one attached hydrogen (secondary N) is 2. The zero-order chi connectivity index (χ0) is 15.2. The van der Waals surface area contributed by atoms with Crippen LogP contribution in [0.15, 0.2) is 41.0 Å². The largest absolute Gasteiger partial charge is 0.486 e. The van der Waals surface area contributed by atoms with Gasteiger partial charge in [-0.1, -0.05) is 0 Å². The summed E-state index contributed by atoms with van der Waals surface area (Å²) in [4.78, 5) is 11.9. The predicted molar refractivity (Wildman–Crippen MR) is 81.1 cm³/mol. The predicted octanol–water partition coefficient (Wildman–Crippen LogP) is 2.17. The average Bonchev–Trinajstić information content (AvgIpc) is 3.05. The number of carbonyl (C=O) groups excluding carboxylic acids is 1. The van der Waals surface area contributed by atoms with E-state index in [1.54, 1.807) is 18.4 Å². The van der Waals surface area contributed by atoms with E-state index < -0.39 is 0 Å². The van der Waals surface area contributed by atoms with E-state index in [-0.39, 0.29) is 5.91 Å². The topological polar surface area (TPSA) is 72.7 Å².